The molecule has 0 aliphatic heterocycles. The van der Waals surface area contributed by atoms with Gasteiger partial charge in [-0.1, -0.05) is 20.8 Å². The van der Waals surface area contributed by atoms with Crippen molar-refractivity contribution in [3.8, 4) is 0 Å². The lowest BCUT2D eigenvalue weighted by atomic mass is 9.70. The molecule has 2 N–H and O–H groups in total. The Morgan fingerprint density at radius 2 is 1.78 bits per heavy atom. The molecule has 1 saturated carbocycles. The van der Waals surface area contributed by atoms with Gasteiger partial charge in [0.2, 0.25) is 11.8 Å². The summed E-state index contributed by atoms with van der Waals surface area (Å²) in [5.41, 5.74) is 6.15. The van der Waals surface area contributed by atoms with Gasteiger partial charge in [0.25, 0.3) is 0 Å². The van der Waals surface area contributed by atoms with Crippen LogP contribution in [0.3, 0.4) is 0 Å². The first-order chi connectivity index (χ1) is 8.38. The van der Waals surface area contributed by atoms with Crippen molar-refractivity contribution >= 4 is 0 Å². The van der Waals surface area contributed by atoms with E-state index in [2.05, 4.69) is 31.0 Å². The Hall–Kier alpha value is -0.900. The van der Waals surface area contributed by atoms with E-state index in [-0.39, 0.29) is 6.04 Å². The number of aromatic nitrogens is 2. The molecule has 1 heterocycles. The zero-order valence-corrected chi connectivity index (χ0v) is 11.9. The Bertz CT molecular complexity index is 384. The van der Waals surface area contributed by atoms with Gasteiger partial charge in [-0.25, -0.2) is 0 Å². The standard InChI is InChI=1S/C14H25N3O/c1-9(15)12-16-17-13(18-12)10-5-7-11(8-6-10)14(2,3)4/h9-11H,5-8,15H2,1-4H3. The highest BCUT2D eigenvalue weighted by atomic mass is 16.4. The molecule has 0 amide bonds. The van der Waals surface area contributed by atoms with Crippen molar-refractivity contribution in [1.82, 2.24) is 10.2 Å². The molecule has 1 atom stereocenters. The summed E-state index contributed by atoms with van der Waals surface area (Å²) >= 11 is 0. The number of rotatable bonds is 2. The SMILES string of the molecule is CC(N)c1nnc(C2CCC(C(C)(C)C)CC2)o1. The Kier molecular flexibility index (Phi) is 3.76. The maximum Gasteiger partial charge on any atom is 0.232 e. The second-order valence-electron chi connectivity index (χ2n) is 6.68. The molecule has 18 heavy (non-hydrogen) atoms. The molecule has 1 aliphatic rings. The highest BCUT2D eigenvalue weighted by molar-refractivity contribution is 4.96. The molecule has 1 fully saturated rings. The minimum absolute atomic E-state index is 0.169. The number of hydrogen-bond acceptors (Lipinski definition) is 4. The van der Waals surface area contributed by atoms with E-state index in [1.54, 1.807) is 0 Å². The fourth-order valence-electron chi connectivity index (χ4n) is 2.80. The van der Waals surface area contributed by atoms with Crippen molar-refractivity contribution in [2.75, 3.05) is 0 Å². The van der Waals surface area contributed by atoms with Crippen LogP contribution in [0.2, 0.25) is 0 Å². The van der Waals surface area contributed by atoms with Crippen molar-refractivity contribution in [3.63, 3.8) is 0 Å². The third-order valence-corrected chi connectivity index (χ3v) is 4.15. The summed E-state index contributed by atoms with van der Waals surface area (Å²) in [6, 6.07) is -0.169. The van der Waals surface area contributed by atoms with Crippen LogP contribution in [0.1, 0.15) is 77.1 Å². The smallest absolute Gasteiger partial charge is 0.232 e. The summed E-state index contributed by atoms with van der Waals surface area (Å²) < 4.78 is 5.66. The largest absolute Gasteiger partial charge is 0.423 e. The summed E-state index contributed by atoms with van der Waals surface area (Å²) in [6.07, 6.45) is 4.82. The molecular weight excluding hydrogens is 226 g/mol. The zero-order valence-electron chi connectivity index (χ0n) is 11.9. The summed E-state index contributed by atoms with van der Waals surface area (Å²) in [7, 11) is 0. The van der Waals surface area contributed by atoms with E-state index < -0.39 is 0 Å². The van der Waals surface area contributed by atoms with E-state index in [1.807, 2.05) is 6.92 Å². The number of nitrogens with two attached hydrogens (primary N) is 1. The van der Waals surface area contributed by atoms with Gasteiger partial charge in [-0.2, -0.15) is 0 Å². The fourth-order valence-corrected chi connectivity index (χ4v) is 2.80. The molecule has 1 unspecified atom stereocenters. The third kappa shape index (κ3) is 2.91. The maximum absolute atomic E-state index is 5.74. The third-order valence-electron chi connectivity index (χ3n) is 4.15. The lowest BCUT2D eigenvalue weighted by molar-refractivity contribution is 0.161. The molecular formula is C14H25N3O. The van der Waals surface area contributed by atoms with Gasteiger partial charge in [-0.05, 0) is 43.9 Å². The molecule has 2 rings (SSSR count). The summed E-state index contributed by atoms with van der Waals surface area (Å²) in [6.45, 7) is 8.87. The first-order valence-electron chi connectivity index (χ1n) is 6.97. The molecule has 4 nitrogen and oxygen atoms in total. The van der Waals surface area contributed by atoms with E-state index >= 15 is 0 Å². The van der Waals surface area contributed by atoms with Crippen LogP contribution in [-0.4, -0.2) is 10.2 Å². The molecule has 0 bridgehead atoms. The molecule has 0 radical (unpaired) electrons. The molecule has 0 spiro atoms. The summed E-state index contributed by atoms with van der Waals surface area (Å²) in [5.74, 6) is 2.59. The van der Waals surface area contributed by atoms with Gasteiger partial charge in [0.05, 0.1) is 6.04 Å². The van der Waals surface area contributed by atoms with E-state index in [0.29, 0.717) is 17.2 Å². The molecule has 1 aromatic rings. The topological polar surface area (TPSA) is 64.9 Å². The Balaban J connectivity index is 1.97. The van der Waals surface area contributed by atoms with Crippen LogP contribution in [0.4, 0.5) is 0 Å². The van der Waals surface area contributed by atoms with Crippen molar-refractivity contribution < 1.29 is 4.42 Å². The molecule has 1 aliphatic carbocycles. The van der Waals surface area contributed by atoms with Gasteiger partial charge in [-0.3, -0.25) is 0 Å². The minimum atomic E-state index is -0.169. The number of nitrogens with zero attached hydrogens (tertiary/aromatic N) is 2. The van der Waals surface area contributed by atoms with Gasteiger partial charge in [0.15, 0.2) is 0 Å². The first kappa shape index (κ1) is 13.5. The summed E-state index contributed by atoms with van der Waals surface area (Å²) in [5, 5.41) is 8.17. The second kappa shape index (κ2) is 5.00. The normalized spacial score (nSPS) is 27.2. The van der Waals surface area contributed by atoms with Crippen LogP contribution in [0.15, 0.2) is 4.42 Å². The van der Waals surface area contributed by atoms with E-state index in [9.17, 15) is 0 Å². The maximum atomic E-state index is 5.74. The first-order valence-corrected chi connectivity index (χ1v) is 6.97. The van der Waals surface area contributed by atoms with Gasteiger partial charge in [0.1, 0.15) is 0 Å². The van der Waals surface area contributed by atoms with Crippen LogP contribution >= 0.6 is 0 Å². The van der Waals surface area contributed by atoms with Gasteiger partial charge >= 0.3 is 0 Å². The molecule has 0 aromatic carbocycles. The predicted molar refractivity (Wildman–Crippen MR) is 71.1 cm³/mol. The van der Waals surface area contributed by atoms with E-state index in [4.69, 9.17) is 10.2 Å². The van der Waals surface area contributed by atoms with Crippen LogP contribution in [-0.2, 0) is 0 Å². The van der Waals surface area contributed by atoms with Crippen LogP contribution in [0.5, 0.6) is 0 Å². The van der Waals surface area contributed by atoms with Crippen LogP contribution in [0.25, 0.3) is 0 Å². The van der Waals surface area contributed by atoms with Crippen molar-refractivity contribution in [3.05, 3.63) is 11.8 Å². The fraction of sp³-hybridized carbons (Fsp3) is 0.857. The van der Waals surface area contributed by atoms with E-state index in [0.717, 1.165) is 24.7 Å². The van der Waals surface area contributed by atoms with Gasteiger partial charge in [0, 0.05) is 5.92 Å². The lowest BCUT2D eigenvalue weighted by Gasteiger charge is -2.36. The molecule has 4 heteroatoms. The highest BCUT2D eigenvalue weighted by Gasteiger charge is 2.32. The van der Waals surface area contributed by atoms with Gasteiger partial charge < -0.3 is 10.2 Å². The second-order valence-corrected chi connectivity index (χ2v) is 6.68. The minimum Gasteiger partial charge on any atom is -0.423 e. The summed E-state index contributed by atoms with van der Waals surface area (Å²) in [4.78, 5) is 0. The zero-order chi connectivity index (χ0) is 13.3. The highest BCUT2D eigenvalue weighted by Crippen LogP contribution is 2.42. The van der Waals surface area contributed by atoms with Crippen LogP contribution < -0.4 is 5.73 Å². The van der Waals surface area contributed by atoms with Crippen molar-refractivity contribution in [2.45, 2.75) is 65.3 Å². The number of hydrogen-bond donors (Lipinski definition) is 1. The van der Waals surface area contributed by atoms with Gasteiger partial charge in [-0.15, -0.1) is 10.2 Å². The van der Waals surface area contributed by atoms with Crippen molar-refractivity contribution in [1.29, 1.82) is 0 Å². The Labute approximate surface area is 109 Å². The van der Waals surface area contributed by atoms with Crippen molar-refractivity contribution in [2.24, 2.45) is 17.1 Å². The molecule has 102 valence electrons. The molecule has 0 saturated heterocycles. The average Bonchev–Trinajstić information content (AvgIpc) is 2.77. The predicted octanol–water partition coefficient (Wildman–Crippen LogP) is 3.41. The van der Waals surface area contributed by atoms with E-state index in [1.165, 1.54) is 12.8 Å². The molecule has 1 aromatic heterocycles. The average molecular weight is 251 g/mol. The Morgan fingerprint density at radius 3 is 2.22 bits per heavy atom. The monoisotopic (exact) mass is 251 g/mol. The lowest BCUT2D eigenvalue weighted by Crippen LogP contribution is -2.25. The Morgan fingerprint density at radius 1 is 1.17 bits per heavy atom. The quantitative estimate of drug-likeness (QED) is 0.874. The van der Waals surface area contributed by atoms with Crippen LogP contribution in [0, 0.1) is 11.3 Å².